The molecule has 3 atom stereocenters. The second-order valence-corrected chi connectivity index (χ2v) is 6.96. The number of ether oxygens (including phenoxy) is 2. The van der Waals surface area contributed by atoms with Crippen LogP contribution in [0.4, 0.5) is 5.95 Å². The van der Waals surface area contributed by atoms with Crippen LogP contribution in [-0.2, 0) is 16.0 Å². The Labute approximate surface area is 170 Å². The maximum Gasteiger partial charge on any atom is 0.338 e. The van der Waals surface area contributed by atoms with Crippen molar-refractivity contribution in [3.05, 3.63) is 52.1 Å². The average Bonchev–Trinajstić information content (AvgIpc) is 3.24. The van der Waals surface area contributed by atoms with E-state index in [1.54, 1.807) is 24.3 Å². The first kappa shape index (κ1) is 20.0. The molecule has 2 aromatic heterocycles. The molecule has 4 rings (SSSR count). The van der Waals surface area contributed by atoms with Crippen molar-refractivity contribution in [3.63, 3.8) is 0 Å². The van der Waals surface area contributed by atoms with Gasteiger partial charge in [0.25, 0.3) is 0 Å². The monoisotopic (exact) mass is 415 g/mol. The molecule has 1 saturated heterocycles. The van der Waals surface area contributed by atoms with Gasteiger partial charge in [-0.25, -0.2) is 19.1 Å². The van der Waals surface area contributed by atoms with E-state index < -0.39 is 30.1 Å². The maximum atomic E-state index is 13.3. The predicted octanol–water partition coefficient (Wildman–Crippen LogP) is -0.349. The van der Waals surface area contributed by atoms with E-state index in [0.29, 0.717) is 16.6 Å². The third kappa shape index (κ3) is 3.32. The number of hydrogen-bond acceptors (Lipinski definition) is 9. The van der Waals surface area contributed by atoms with Crippen molar-refractivity contribution in [2.24, 2.45) is 0 Å². The van der Waals surface area contributed by atoms with Gasteiger partial charge in [-0.3, -0.25) is 4.57 Å². The van der Waals surface area contributed by atoms with Crippen LogP contribution in [0.1, 0.15) is 28.6 Å². The van der Waals surface area contributed by atoms with Crippen LogP contribution in [0.25, 0.3) is 11.2 Å². The largest absolute Gasteiger partial charge is 0.465 e. The highest BCUT2D eigenvalue weighted by Crippen LogP contribution is 2.30. The Bertz CT molecular complexity index is 1160. The zero-order valence-corrected chi connectivity index (χ0v) is 16.1. The summed E-state index contributed by atoms with van der Waals surface area (Å²) in [5.41, 5.74) is 6.62. The number of nitrogens with two attached hydrogens (primary N) is 1. The van der Waals surface area contributed by atoms with Crippen LogP contribution in [0, 0.1) is 0 Å². The quantitative estimate of drug-likeness (QED) is 0.474. The fourth-order valence-corrected chi connectivity index (χ4v) is 3.67. The number of nitrogen functional groups attached to an aromatic ring is 1. The second-order valence-electron chi connectivity index (χ2n) is 6.96. The highest BCUT2D eigenvalue weighted by molar-refractivity contribution is 5.91. The molecule has 0 amide bonds. The minimum Gasteiger partial charge on any atom is -0.465 e. The number of esters is 1. The Morgan fingerprint density at radius 1 is 1.40 bits per heavy atom. The number of benzene rings is 1. The molecule has 0 spiro atoms. The number of methoxy groups -OCH3 is 1. The van der Waals surface area contributed by atoms with Crippen molar-refractivity contribution in [1.29, 1.82) is 0 Å². The lowest BCUT2D eigenvalue weighted by molar-refractivity contribution is -0.0505. The number of aliphatic hydroxyl groups is 2. The molecular formula is C19H21N5O6. The molecule has 11 nitrogen and oxygen atoms in total. The summed E-state index contributed by atoms with van der Waals surface area (Å²) in [5.74, 6) is -0.572. The molecule has 1 aliphatic rings. The molecule has 3 heterocycles. The number of rotatable bonds is 5. The number of imidazole rings is 1. The molecule has 0 radical (unpaired) electrons. The summed E-state index contributed by atoms with van der Waals surface area (Å²) < 4.78 is 13.1. The maximum absolute atomic E-state index is 13.3. The topological polar surface area (TPSA) is 155 Å². The Morgan fingerprint density at radius 3 is 2.87 bits per heavy atom. The lowest BCUT2D eigenvalue weighted by atomic mass is 10.1. The number of carbonyl (C=O) groups excluding carboxylic acids is 1. The van der Waals surface area contributed by atoms with Crippen LogP contribution < -0.4 is 11.4 Å². The third-order valence-electron chi connectivity index (χ3n) is 5.10. The van der Waals surface area contributed by atoms with E-state index in [1.807, 2.05) is 0 Å². The molecule has 1 aliphatic heterocycles. The Hall–Kier alpha value is -3.28. The second kappa shape index (κ2) is 7.86. The van der Waals surface area contributed by atoms with Crippen molar-refractivity contribution in [1.82, 2.24) is 19.1 Å². The van der Waals surface area contributed by atoms with E-state index in [4.69, 9.17) is 15.2 Å². The van der Waals surface area contributed by atoms with Gasteiger partial charge in [0.15, 0.2) is 11.9 Å². The fourth-order valence-electron chi connectivity index (χ4n) is 3.67. The minimum absolute atomic E-state index is 0.0348. The molecular weight excluding hydrogens is 394 g/mol. The van der Waals surface area contributed by atoms with Crippen LogP contribution >= 0.6 is 0 Å². The van der Waals surface area contributed by atoms with Crippen molar-refractivity contribution in [2.75, 3.05) is 19.5 Å². The first-order valence-electron chi connectivity index (χ1n) is 9.28. The van der Waals surface area contributed by atoms with Crippen molar-refractivity contribution in [2.45, 2.75) is 31.4 Å². The SMILES string of the molecule is COC(=O)c1ccccc1Cn1c(=O)n([C@@H]2O[C@H](CO)C[C@H]2O)c2nc(N)ncc21. The first-order valence-corrected chi connectivity index (χ1v) is 9.28. The highest BCUT2D eigenvalue weighted by atomic mass is 16.5. The van der Waals surface area contributed by atoms with Gasteiger partial charge in [0, 0.05) is 6.42 Å². The molecule has 0 unspecified atom stereocenters. The van der Waals surface area contributed by atoms with Gasteiger partial charge in [-0.1, -0.05) is 18.2 Å². The Balaban J connectivity index is 1.86. The summed E-state index contributed by atoms with van der Waals surface area (Å²) >= 11 is 0. The number of nitrogens with zero attached hydrogens (tertiary/aromatic N) is 4. The first-order chi connectivity index (χ1) is 14.4. The number of fused-ring (bicyclic) bond motifs is 1. The van der Waals surface area contributed by atoms with Gasteiger partial charge in [0.1, 0.15) is 11.6 Å². The van der Waals surface area contributed by atoms with Gasteiger partial charge >= 0.3 is 11.7 Å². The molecule has 30 heavy (non-hydrogen) atoms. The summed E-state index contributed by atoms with van der Waals surface area (Å²) in [7, 11) is 1.28. The summed E-state index contributed by atoms with van der Waals surface area (Å²) in [6.07, 6.45) is -1.08. The Morgan fingerprint density at radius 2 is 2.17 bits per heavy atom. The molecule has 0 saturated carbocycles. The molecule has 1 aromatic carbocycles. The van der Waals surface area contributed by atoms with Gasteiger partial charge < -0.3 is 25.4 Å². The van der Waals surface area contributed by atoms with Crippen molar-refractivity contribution < 1.29 is 24.5 Å². The van der Waals surface area contributed by atoms with Gasteiger partial charge in [-0.05, 0) is 11.6 Å². The average molecular weight is 415 g/mol. The number of hydrogen-bond donors (Lipinski definition) is 3. The van der Waals surface area contributed by atoms with Crippen LogP contribution in [0.5, 0.6) is 0 Å². The predicted molar refractivity (Wildman–Crippen MR) is 105 cm³/mol. The normalized spacial score (nSPS) is 21.2. The summed E-state index contributed by atoms with van der Waals surface area (Å²) in [5, 5.41) is 19.8. The molecule has 0 aliphatic carbocycles. The Kier molecular flexibility index (Phi) is 5.24. The lowest BCUT2D eigenvalue weighted by Gasteiger charge is -2.15. The van der Waals surface area contributed by atoms with Gasteiger partial charge in [-0.15, -0.1) is 0 Å². The van der Waals surface area contributed by atoms with Crippen LogP contribution in [-0.4, -0.2) is 61.2 Å². The summed E-state index contributed by atoms with van der Waals surface area (Å²) in [6, 6.07) is 6.76. The highest BCUT2D eigenvalue weighted by Gasteiger charge is 2.38. The summed E-state index contributed by atoms with van der Waals surface area (Å²) in [6.45, 7) is -0.252. The van der Waals surface area contributed by atoms with Gasteiger partial charge in [0.2, 0.25) is 5.95 Å². The van der Waals surface area contributed by atoms with Gasteiger partial charge in [0.05, 0.1) is 38.1 Å². The fraction of sp³-hybridized carbons (Fsp3) is 0.368. The van der Waals surface area contributed by atoms with Crippen molar-refractivity contribution in [3.8, 4) is 0 Å². The zero-order chi connectivity index (χ0) is 21.4. The van der Waals surface area contributed by atoms with E-state index in [1.165, 1.54) is 22.4 Å². The van der Waals surface area contributed by atoms with E-state index in [0.717, 1.165) is 0 Å². The van der Waals surface area contributed by atoms with Crippen LogP contribution in [0.2, 0.25) is 0 Å². The van der Waals surface area contributed by atoms with Crippen LogP contribution in [0.15, 0.2) is 35.3 Å². The number of aliphatic hydroxyl groups excluding tert-OH is 2. The van der Waals surface area contributed by atoms with E-state index in [9.17, 15) is 19.8 Å². The van der Waals surface area contributed by atoms with Crippen LogP contribution in [0.3, 0.4) is 0 Å². The van der Waals surface area contributed by atoms with E-state index in [2.05, 4.69) is 9.97 Å². The number of anilines is 1. The minimum atomic E-state index is -1.04. The molecule has 158 valence electrons. The third-order valence-corrected chi connectivity index (χ3v) is 5.10. The molecule has 4 N–H and O–H groups in total. The molecule has 0 bridgehead atoms. The van der Waals surface area contributed by atoms with Crippen molar-refractivity contribution >= 4 is 23.1 Å². The smallest absolute Gasteiger partial charge is 0.338 e. The molecule has 11 heteroatoms. The van der Waals surface area contributed by atoms with Gasteiger partial charge in [-0.2, -0.15) is 4.98 Å². The molecule has 1 fully saturated rings. The summed E-state index contributed by atoms with van der Waals surface area (Å²) in [4.78, 5) is 33.6. The van der Waals surface area contributed by atoms with E-state index in [-0.39, 0.29) is 31.2 Å². The standard InChI is InChI=1S/C19H21N5O6/c1-29-17(27)12-5-3-2-4-10(12)8-23-13-7-21-18(20)22-15(13)24(19(23)28)16-14(26)6-11(9-25)30-16/h2-5,7,11,14,16,25-26H,6,8-9H2,1H3,(H2,20,21,22)/t11-,14+,16+/m0/s1. The number of aromatic nitrogens is 4. The zero-order valence-electron chi connectivity index (χ0n) is 16.1. The lowest BCUT2D eigenvalue weighted by Crippen LogP contribution is -2.32. The molecule has 3 aromatic rings. The van der Waals surface area contributed by atoms with E-state index >= 15 is 0 Å². The number of carbonyl (C=O) groups is 1.